The van der Waals surface area contributed by atoms with Gasteiger partial charge in [-0.15, -0.1) is 0 Å². The molecule has 52 heavy (non-hydrogen) atoms. The van der Waals surface area contributed by atoms with E-state index in [4.69, 9.17) is 0 Å². The van der Waals surface area contributed by atoms with Crippen molar-refractivity contribution in [3.05, 3.63) is 148 Å². The van der Waals surface area contributed by atoms with Gasteiger partial charge < -0.3 is 4.57 Å². The van der Waals surface area contributed by atoms with Crippen molar-refractivity contribution >= 4 is 21.8 Å². The molecule has 0 aliphatic carbocycles. The van der Waals surface area contributed by atoms with Gasteiger partial charge in [0, 0.05) is 21.9 Å². The number of benzene rings is 6. The van der Waals surface area contributed by atoms with Gasteiger partial charge in [0.25, 0.3) is 0 Å². The van der Waals surface area contributed by atoms with Gasteiger partial charge in [0.2, 0.25) is 17.5 Å². The summed E-state index contributed by atoms with van der Waals surface area (Å²) in [7, 11) is 0. The molecule has 0 unspecified atom stereocenters. The Kier molecular flexibility index (Phi) is 8.03. The summed E-state index contributed by atoms with van der Waals surface area (Å²) in [5.41, 5.74) is -11.6. The topological polar surface area (TPSA) is 4.93 Å². The van der Waals surface area contributed by atoms with Crippen molar-refractivity contribution in [2.24, 2.45) is 0 Å². The van der Waals surface area contributed by atoms with Crippen LogP contribution >= 0.6 is 0 Å². The van der Waals surface area contributed by atoms with Crippen LogP contribution in [0.3, 0.4) is 0 Å². The van der Waals surface area contributed by atoms with Crippen molar-refractivity contribution in [2.75, 3.05) is 0 Å². The molecule has 0 saturated heterocycles. The van der Waals surface area contributed by atoms with E-state index in [1.165, 1.54) is 48.5 Å². The summed E-state index contributed by atoms with van der Waals surface area (Å²) < 4.78 is 225. The number of fused-ring (bicyclic) bond motifs is 3. The summed E-state index contributed by atoms with van der Waals surface area (Å²) in [6.45, 7) is 0. The molecule has 0 bridgehead atoms. The van der Waals surface area contributed by atoms with Crippen LogP contribution in [0.1, 0.15) is 0 Å². The maximum atomic E-state index is 15.7. The summed E-state index contributed by atoms with van der Waals surface area (Å²) in [5, 5.41) is 0.460. The smallest absolute Gasteiger partial charge is 0.200 e. The normalized spacial score (nSPS) is 11.8. The zero-order valence-corrected chi connectivity index (χ0v) is 24.9. The van der Waals surface area contributed by atoms with Crippen LogP contribution in [0.2, 0.25) is 0 Å². The molecule has 0 N–H and O–H groups in total. The zero-order chi connectivity index (χ0) is 37.7. The third-order valence-corrected chi connectivity index (χ3v) is 8.37. The molecule has 1 nitrogen and oxygen atoms in total. The second-order valence-corrected chi connectivity index (χ2v) is 11.1. The van der Waals surface area contributed by atoms with E-state index in [9.17, 15) is 39.5 Å². The van der Waals surface area contributed by atoms with Crippen molar-refractivity contribution in [2.45, 2.75) is 0 Å². The average molecular weight is 741 g/mol. The Labute approximate surface area is 279 Å². The molecule has 0 fully saturated rings. The summed E-state index contributed by atoms with van der Waals surface area (Å²) in [6.07, 6.45) is 0. The highest BCUT2D eigenvalue weighted by Gasteiger charge is 2.36. The number of nitrogens with zero attached hydrogens (tertiary/aromatic N) is 1. The van der Waals surface area contributed by atoms with E-state index in [0.29, 0.717) is 0 Å². The van der Waals surface area contributed by atoms with Gasteiger partial charge in [-0.1, -0.05) is 36.4 Å². The molecule has 264 valence electrons. The lowest BCUT2D eigenvalue weighted by atomic mass is 9.89. The second-order valence-electron chi connectivity index (χ2n) is 11.1. The van der Waals surface area contributed by atoms with E-state index in [-0.39, 0.29) is 33.9 Å². The zero-order valence-electron chi connectivity index (χ0n) is 24.9. The van der Waals surface area contributed by atoms with E-state index in [2.05, 4.69) is 0 Å². The van der Waals surface area contributed by atoms with Crippen molar-refractivity contribution in [1.29, 1.82) is 0 Å². The van der Waals surface area contributed by atoms with Crippen LogP contribution in [0.25, 0.3) is 60.9 Å². The minimum absolute atomic E-state index is 0.0945. The second kappa shape index (κ2) is 12.1. The summed E-state index contributed by atoms with van der Waals surface area (Å²) >= 11 is 0. The largest absolute Gasteiger partial charge is 0.308 e. The summed E-state index contributed by atoms with van der Waals surface area (Å²) in [5.74, 6) is -39.9. The molecule has 0 atom stereocenters. The lowest BCUT2D eigenvalue weighted by Crippen LogP contribution is -2.11. The van der Waals surface area contributed by atoms with Crippen LogP contribution in [-0.4, -0.2) is 4.57 Å². The van der Waals surface area contributed by atoms with E-state index < -0.39 is 126 Å². The molecule has 0 aliphatic rings. The number of halogens is 15. The highest BCUT2D eigenvalue weighted by molar-refractivity contribution is 6.11. The van der Waals surface area contributed by atoms with Crippen LogP contribution < -0.4 is 0 Å². The summed E-state index contributed by atoms with van der Waals surface area (Å²) in [6, 6.07) is 11.4. The number of hydrogen-bond acceptors (Lipinski definition) is 0. The standard InChI is InChI=1S/C36H10F15N/c37-21-18(22(38)28(44)33(49)27(21)43)11-9-14(19-23(39)29(45)34(50)30(46)24(19)40)36(15(10-11)20-25(41)31(47)35(51)32(48)26(20)42)52-16-7-3-1-5-12(16)13-6-2-4-8-17(13)52/h1-10H. The molecule has 0 aliphatic heterocycles. The van der Waals surface area contributed by atoms with Gasteiger partial charge in [-0.2, -0.15) is 0 Å². The fourth-order valence-corrected chi connectivity index (χ4v) is 6.11. The highest BCUT2D eigenvalue weighted by atomic mass is 19.2. The van der Waals surface area contributed by atoms with Crippen LogP contribution in [0.5, 0.6) is 0 Å². The van der Waals surface area contributed by atoms with Crippen LogP contribution in [0, 0.1) is 87.3 Å². The minimum Gasteiger partial charge on any atom is -0.308 e. The minimum atomic E-state index is -2.71. The van der Waals surface area contributed by atoms with Crippen LogP contribution in [0.4, 0.5) is 65.9 Å². The molecule has 7 aromatic rings. The first kappa shape index (κ1) is 34.5. The predicted molar refractivity (Wildman–Crippen MR) is 156 cm³/mol. The van der Waals surface area contributed by atoms with E-state index in [0.717, 1.165) is 4.57 Å². The fourth-order valence-electron chi connectivity index (χ4n) is 6.11. The molecule has 7 rings (SSSR count). The third-order valence-electron chi connectivity index (χ3n) is 8.37. The first-order valence-electron chi connectivity index (χ1n) is 14.3. The molecular formula is C36H10F15N. The quantitative estimate of drug-likeness (QED) is 0.0962. The average Bonchev–Trinajstić information content (AvgIpc) is 3.47. The Hall–Kier alpha value is -5.93. The Morgan fingerprint density at radius 1 is 0.308 bits per heavy atom. The lowest BCUT2D eigenvalue weighted by Gasteiger charge is -2.23. The maximum Gasteiger partial charge on any atom is 0.200 e. The van der Waals surface area contributed by atoms with Gasteiger partial charge >= 0.3 is 0 Å². The van der Waals surface area contributed by atoms with E-state index >= 15 is 26.3 Å². The van der Waals surface area contributed by atoms with Crippen LogP contribution in [-0.2, 0) is 0 Å². The van der Waals surface area contributed by atoms with Gasteiger partial charge in [0.15, 0.2) is 69.8 Å². The van der Waals surface area contributed by atoms with E-state index in [1.807, 2.05) is 0 Å². The highest BCUT2D eigenvalue weighted by Crippen LogP contribution is 2.48. The molecule has 6 aromatic carbocycles. The summed E-state index contributed by atoms with van der Waals surface area (Å²) in [4.78, 5) is 0. The molecule has 0 amide bonds. The molecule has 0 radical (unpaired) electrons. The lowest BCUT2D eigenvalue weighted by molar-refractivity contribution is 0.380. The van der Waals surface area contributed by atoms with Gasteiger partial charge in [0.05, 0.1) is 33.4 Å². The third kappa shape index (κ3) is 4.69. The van der Waals surface area contributed by atoms with Crippen molar-refractivity contribution in [3.8, 4) is 39.1 Å². The first-order valence-corrected chi connectivity index (χ1v) is 14.3. The van der Waals surface area contributed by atoms with Gasteiger partial charge in [-0.05, 0) is 29.8 Å². The molecule has 1 aromatic heterocycles. The van der Waals surface area contributed by atoms with Crippen molar-refractivity contribution < 1.29 is 65.9 Å². The fraction of sp³-hybridized carbons (Fsp3) is 0. The maximum absolute atomic E-state index is 15.7. The number of rotatable bonds is 4. The van der Waals surface area contributed by atoms with E-state index in [1.54, 1.807) is 0 Å². The van der Waals surface area contributed by atoms with Gasteiger partial charge in [-0.3, -0.25) is 0 Å². The first-order chi connectivity index (χ1) is 24.6. The van der Waals surface area contributed by atoms with Crippen molar-refractivity contribution in [3.63, 3.8) is 0 Å². The number of aromatic nitrogens is 1. The predicted octanol–water partition coefficient (Wildman–Crippen LogP) is 11.9. The molecule has 1 heterocycles. The Morgan fingerprint density at radius 2 is 0.577 bits per heavy atom. The number of para-hydroxylation sites is 2. The van der Waals surface area contributed by atoms with Gasteiger partial charge in [-0.25, -0.2) is 65.9 Å². The number of hydrogen-bond donors (Lipinski definition) is 0. The Bertz CT molecular complexity index is 2470. The monoisotopic (exact) mass is 741 g/mol. The van der Waals surface area contributed by atoms with Gasteiger partial charge in [0.1, 0.15) is 0 Å². The molecule has 0 spiro atoms. The molecule has 16 heteroatoms. The molecule has 0 saturated carbocycles. The van der Waals surface area contributed by atoms with Crippen LogP contribution in [0.15, 0.2) is 60.7 Å². The Balaban J connectivity index is 1.84. The van der Waals surface area contributed by atoms with Crippen molar-refractivity contribution in [1.82, 2.24) is 4.57 Å². The Morgan fingerprint density at radius 3 is 0.904 bits per heavy atom. The molecular weight excluding hydrogens is 731 g/mol. The SMILES string of the molecule is Fc1c(F)c(F)c(-c2cc(-c3c(F)c(F)c(F)c(F)c3F)c(-n3c4ccccc4c4ccccc43)c(-c3c(F)c(F)c(F)c(F)c3F)c2)c(F)c1F.